The number of benzene rings is 2. The monoisotopic (exact) mass is 312 g/mol. The van der Waals surface area contributed by atoms with E-state index in [2.05, 4.69) is 10.5 Å². The Kier molecular flexibility index (Phi) is 5.74. The molecule has 0 atom stereocenters. The average molecular weight is 312 g/mol. The average Bonchev–Trinajstić information content (AvgIpc) is 2.58. The van der Waals surface area contributed by atoms with E-state index < -0.39 is 0 Å². The second kappa shape index (κ2) is 7.98. The zero-order chi connectivity index (χ0) is 16.7. The molecule has 5 heteroatoms. The fraction of sp³-hybridized carbons (Fsp3) is 0.222. The lowest BCUT2D eigenvalue weighted by atomic mass is 10.0. The van der Waals surface area contributed by atoms with Gasteiger partial charge in [-0.05, 0) is 30.2 Å². The van der Waals surface area contributed by atoms with Gasteiger partial charge in [-0.1, -0.05) is 41.6 Å². The van der Waals surface area contributed by atoms with Crippen LogP contribution in [-0.2, 0) is 16.2 Å². The third kappa shape index (κ3) is 4.32. The molecule has 2 aromatic rings. The Morgan fingerprint density at radius 2 is 1.96 bits per heavy atom. The number of hydrogen-bond acceptors (Lipinski definition) is 4. The number of ether oxygens (including phenoxy) is 1. The number of carbonyl (C=O) groups is 1. The molecule has 2 aromatic carbocycles. The van der Waals surface area contributed by atoms with Crippen molar-refractivity contribution in [2.45, 2.75) is 13.5 Å². The summed E-state index contributed by atoms with van der Waals surface area (Å²) in [7, 11) is 2.97. The van der Waals surface area contributed by atoms with Gasteiger partial charge in [-0.3, -0.25) is 4.79 Å². The molecule has 23 heavy (non-hydrogen) atoms. The zero-order valence-corrected chi connectivity index (χ0v) is 13.5. The molecule has 0 radical (unpaired) electrons. The van der Waals surface area contributed by atoms with Crippen LogP contribution >= 0.6 is 0 Å². The Morgan fingerprint density at radius 3 is 2.65 bits per heavy atom. The second-order valence-electron chi connectivity index (χ2n) is 4.96. The van der Waals surface area contributed by atoms with Crippen LogP contribution in [0, 0.1) is 6.92 Å². The summed E-state index contributed by atoms with van der Waals surface area (Å²) < 4.78 is 5.83. The number of likely N-dealkylation sites (N-methyl/N-ethyl adjacent to an activating group) is 1. The zero-order valence-electron chi connectivity index (χ0n) is 13.5. The largest absolute Gasteiger partial charge is 0.489 e. The number of hydrogen-bond donors (Lipinski definition) is 1. The van der Waals surface area contributed by atoms with Gasteiger partial charge in [0.25, 0.3) is 5.91 Å². The number of nitrogens with zero attached hydrogens (tertiary/aromatic N) is 1. The predicted molar refractivity (Wildman–Crippen MR) is 89.6 cm³/mol. The van der Waals surface area contributed by atoms with Crippen molar-refractivity contribution in [2.24, 2.45) is 5.16 Å². The van der Waals surface area contributed by atoms with Crippen molar-refractivity contribution in [3.8, 4) is 5.75 Å². The molecule has 0 spiro atoms. The number of rotatable bonds is 6. The van der Waals surface area contributed by atoms with Gasteiger partial charge in [-0.15, -0.1) is 0 Å². The van der Waals surface area contributed by atoms with Gasteiger partial charge in [-0.25, -0.2) is 0 Å². The first-order valence-corrected chi connectivity index (χ1v) is 7.26. The van der Waals surface area contributed by atoms with Crippen molar-refractivity contribution in [3.63, 3.8) is 0 Å². The van der Waals surface area contributed by atoms with E-state index in [9.17, 15) is 4.79 Å². The summed E-state index contributed by atoms with van der Waals surface area (Å²) in [6, 6.07) is 15.3. The highest BCUT2D eigenvalue weighted by Gasteiger charge is 2.17. The first kappa shape index (κ1) is 16.5. The topological polar surface area (TPSA) is 59.9 Å². The minimum atomic E-state index is -0.310. The molecule has 0 fully saturated rings. The van der Waals surface area contributed by atoms with Crippen LogP contribution in [0.1, 0.15) is 16.7 Å². The highest BCUT2D eigenvalue weighted by molar-refractivity contribution is 6.45. The van der Waals surface area contributed by atoms with Gasteiger partial charge >= 0.3 is 0 Å². The van der Waals surface area contributed by atoms with Crippen LogP contribution < -0.4 is 10.1 Å². The molecule has 0 aromatic heterocycles. The number of carbonyl (C=O) groups excluding carboxylic acids is 1. The molecule has 0 aliphatic carbocycles. The van der Waals surface area contributed by atoms with Crippen molar-refractivity contribution in [1.29, 1.82) is 0 Å². The molecule has 120 valence electrons. The van der Waals surface area contributed by atoms with E-state index in [-0.39, 0.29) is 11.6 Å². The smallest absolute Gasteiger partial charge is 0.273 e. The summed E-state index contributed by atoms with van der Waals surface area (Å²) in [6.45, 7) is 2.34. The Bertz CT molecular complexity index is 711. The molecule has 0 bridgehead atoms. The standard InChI is InChI=1S/C18H20N2O3/c1-13-7-6-9-15(11-13)23-12-14-8-4-5-10-16(14)17(20-22-3)18(21)19-2/h4-11H,12H2,1-3H3,(H,19,21)/b20-17+. The van der Waals surface area contributed by atoms with Crippen LogP contribution in [0.4, 0.5) is 0 Å². The lowest BCUT2D eigenvalue weighted by Gasteiger charge is -2.12. The van der Waals surface area contributed by atoms with E-state index >= 15 is 0 Å². The minimum absolute atomic E-state index is 0.221. The third-order valence-electron chi connectivity index (χ3n) is 3.28. The van der Waals surface area contributed by atoms with E-state index in [1.807, 2.05) is 55.5 Å². The highest BCUT2D eigenvalue weighted by atomic mass is 16.6. The Hall–Kier alpha value is -2.82. The lowest BCUT2D eigenvalue weighted by Crippen LogP contribution is -2.29. The molecular weight excluding hydrogens is 292 g/mol. The first-order valence-electron chi connectivity index (χ1n) is 7.26. The lowest BCUT2D eigenvalue weighted by molar-refractivity contribution is -0.114. The first-order chi connectivity index (χ1) is 11.2. The fourth-order valence-corrected chi connectivity index (χ4v) is 2.17. The van der Waals surface area contributed by atoms with Crippen molar-refractivity contribution in [3.05, 3.63) is 65.2 Å². The molecule has 0 unspecified atom stereocenters. The van der Waals surface area contributed by atoms with E-state index in [4.69, 9.17) is 9.57 Å². The molecule has 1 amide bonds. The van der Waals surface area contributed by atoms with Gasteiger partial charge in [0.2, 0.25) is 0 Å². The van der Waals surface area contributed by atoms with Crippen LogP contribution in [0.5, 0.6) is 5.75 Å². The van der Waals surface area contributed by atoms with Crippen molar-refractivity contribution in [2.75, 3.05) is 14.2 Å². The van der Waals surface area contributed by atoms with Crippen LogP contribution in [-0.4, -0.2) is 25.8 Å². The Balaban J connectivity index is 2.26. The van der Waals surface area contributed by atoms with Crippen LogP contribution in [0.3, 0.4) is 0 Å². The number of oxime groups is 1. The van der Waals surface area contributed by atoms with Gasteiger partial charge in [0.15, 0.2) is 5.71 Å². The third-order valence-corrected chi connectivity index (χ3v) is 3.28. The van der Waals surface area contributed by atoms with Crippen LogP contribution in [0.25, 0.3) is 0 Å². The summed E-state index contributed by atoms with van der Waals surface area (Å²) in [6.07, 6.45) is 0. The van der Waals surface area contributed by atoms with Gasteiger partial charge in [-0.2, -0.15) is 0 Å². The highest BCUT2D eigenvalue weighted by Crippen LogP contribution is 2.17. The summed E-state index contributed by atoms with van der Waals surface area (Å²) >= 11 is 0. The molecule has 2 rings (SSSR count). The van der Waals surface area contributed by atoms with Crippen LogP contribution in [0.2, 0.25) is 0 Å². The van der Waals surface area contributed by atoms with E-state index in [0.717, 1.165) is 16.9 Å². The summed E-state index contributed by atoms with van der Waals surface area (Å²) in [5.41, 5.74) is 2.89. The van der Waals surface area contributed by atoms with Crippen molar-refractivity contribution >= 4 is 11.6 Å². The van der Waals surface area contributed by atoms with E-state index in [1.54, 1.807) is 7.05 Å². The Labute approximate surface area is 135 Å². The van der Waals surface area contributed by atoms with E-state index in [1.165, 1.54) is 7.11 Å². The van der Waals surface area contributed by atoms with Crippen LogP contribution in [0.15, 0.2) is 53.7 Å². The summed E-state index contributed by atoms with van der Waals surface area (Å²) in [4.78, 5) is 16.8. The molecular formula is C18H20N2O3. The van der Waals surface area contributed by atoms with Gasteiger partial charge in [0.1, 0.15) is 19.5 Å². The molecule has 0 aliphatic rings. The predicted octanol–water partition coefficient (Wildman–Crippen LogP) is 2.67. The minimum Gasteiger partial charge on any atom is -0.489 e. The number of nitrogens with one attached hydrogen (secondary N) is 1. The number of amides is 1. The van der Waals surface area contributed by atoms with Gasteiger partial charge in [0.05, 0.1) is 0 Å². The van der Waals surface area contributed by atoms with Crippen molar-refractivity contribution in [1.82, 2.24) is 5.32 Å². The van der Waals surface area contributed by atoms with Crippen molar-refractivity contribution < 1.29 is 14.4 Å². The molecule has 0 aliphatic heterocycles. The maximum atomic E-state index is 12.0. The van der Waals surface area contributed by atoms with Gasteiger partial charge in [0, 0.05) is 12.6 Å². The van der Waals surface area contributed by atoms with Gasteiger partial charge < -0.3 is 14.9 Å². The molecule has 0 saturated carbocycles. The maximum Gasteiger partial charge on any atom is 0.273 e. The van der Waals surface area contributed by atoms with E-state index in [0.29, 0.717) is 12.2 Å². The fourth-order valence-electron chi connectivity index (χ4n) is 2.17. The second-order valence-corrected chi connectivity index (χ2v) is 4.96. The summed E-state index contributed by atoms with van der Waals surface area (Å²) in [5.74, 6) is 0.472. The molecule has 0 saturated heterocycles. The Morgan fingerprint density at radius 1 is 1.17 bits per heavy atom. The number of aryl methyl sites for hydroxylation is 1. The SMILES string of the molecule is CNC(=O)/C(=N/OC)c1ccccc1COc1cccc(C)c1. The normalized spacial score (nSPS) is 11.0. The summed E-state index contributed by atoms with van der Waals surface area (Å²) in [5, 5.41) is 6.41. The molecule has 5 nitrogen and oxygen atoms in total. The molecule has 0 heterocycles. The maximum absolute atomic E-state index is 12.0. The quantitative estimate of drug-likeness (QED) is 0.659. The molecule has 1 N–H and O–H groups in total.